The van der Waals surface area contributed by atoms with E-state index in [2.05, 4.69) is 15.5 Å². The van der Waals surface area contributed by atoms with Crippen LogP contribution in [0.4, 0.5) is 10.2 Å². The third kappa shape index (κ3) is 2.48. The van der Waals surface area contributed by atoms with Crippen molar-refractivity contribution in [3.8, 4) is 0 Å². The van der Waals surface area contributed by atoms with E-state index >= 15 is 0 Å². The van der Waals surface area contributed by atoms with E-state index in [1.54, 1.807) is 0 Å². The number of fused-ring (bicyclic) bond motifs is 1. The zero-order valence-electron chi connectivity index (χ0n) is 10.4. The molecule has 0 bridgehead atoms. The van der Waals surface area contributed by atoms with Crippen LogP contribution in [0.15, 0.2) is 30.3 Å². The molecule has 0 aliphatic heterocycles. The molecule has 2 aromatic heterocycles. The summed E-state index contributed by atoms with van der Waals surface area (Å²) in [4.78, 5) is 23.5. The highest BCUT2D eigenvalue weighted by Gasteiger charge is 2.16. The number of carbonyl (C=O) groups is 2. The SMILES string of the molecule is O=C(Nc1[nH]nc2sc(C(=O)O)cc12)c1ccc(F)cc1. The molecule has 106 valence electrons. The Morgan fingerprint density at radius 3 is 2.67 bits per heavy atom. The molecule has 3 N–H and O–H groups in total. The van der Waals surface area contributed by atoms with Gasteiger partial charge in [0.25, 0.3) is 5.91 Å². The second-order valence-corrected chi connectivity index (χ2v) is 5.22. The number of nitrogens with zero attached hydrogens (tertiary/aromatic N) is 1. The zero-order valence-corrected chi connectivity index (χ0v) is 11.2. The fraction of sp³-hybridized carbons (Fsp3) is 0. The van der Waals surface area contributed by atoms with Gasteiger partial charge in [-0.05, 0) is 30.3 Å². The summed E-state index contributed by atoms with van der Waals surface area (Å²) in [6.45, 7) is 0. The number of carboxylic acids is 1. The predicted octanol–water partition coefficient (Wildman–Crippen LogP) is 2.71. The molecule has 1 aromatic carbocycles. The number of H-pyrrole nitrogens is 1. The van der Waals surface area contributed by atoms with E-state index in [1.807, 2.05) is 0 Å². The third-order valence-corrected chi connectivity index (χ3v) is 3.82. The van der Waals surface area contributed by atoms with E-state index in [0.717, 1.165) is 11.3 Å². The van der Waals surface area contributed by atoms with Crippen molar-refractivity contribution in [2.45, 2.75) is 0 Å². The van der Waals surface area contributed by atoms with Crippen LogP contribution in [0.5, 0.6) is 0 Å². The Bertz CT molecular complexity index is 838. The van der Waals surface area contributed by atoms with Crippen LogP contribution in [0, 0.1) is 5.82 Å². The molecule has 2 heterocycles. The first-order valence-electron chi connectivity index (χ1n) is 5.83. The third-order valence-electron chi connectivity index (χ3n) is 2.81. The van der Waals surface area contributed by atoms with Gasteiger partial charge in [-0.3, -0.25) is 9.89 Å². The Hall–Kier alpha value is -2.74. The van der Waals surface area contributed by atoms with Gasteiger partial charge in [0.05, 0.1) is 5.39 Å². The lowest BCUT2D eigenvalue weighted by atomic mass is 10.2. The summed E-state index contributed by atoms with van der Waals surface area (Å²) >= 11 is 1.01. The van der Waals surface area contributed by atoms with Crippen LogP contribution in [0.3, 0.4) is 0 Å². The van der Waals surface area contributed by atoms with Crippen LogP contribution >= 0.6 is 11.3 Å². The molecule has 0 unspecified atom stereocenters. The number of aromatic nitrogens is 2. The Labute approximate surface area is 121 Å². The number of anilines is 1. The molecule has 0 aliphatic carbocycles. The topological polar surface area (TPSA) is 95.1 Å². The maximum absolute atomic E-state index is 12.8. The van der Waals surface area contributed by atoms with Crippen molar-refractivity contribution in [1.82, 2.24) is 10.2 Å². The molecular weight excluding hydrogens is 297 g/mol. The average Bonchev–Trinajstić information content (AvgIpc) is 3.01. The molecule has 0 saturated heterocycles. The van der Waals surface area contributed by atoms with Crippen LogP contribution in [-0.4, -0.2) is 27.2 Å². The number of nitrogens with one attached hydrogen (secondary N) is 2. The number of thiophene rings is 1. The van der Waals surface area contributed by atoms with Crippen molar-refractivity contribution in [3.63, 3.8) is 0 Å². The first-order chi connectivity index (χ1) is 10.0. The van der Waals surface area contributed by atoms with E-state index in [9.17, 15) is 14.0 Å². The number of benzene rings is 1. The Kier molecular flexibility index (Phi) is 3.15. The van der Waals surface area contributed by atoms with E-state index in [-0.39, 0.29) is 10.4 Å². The summed E-state index contributed by atoms with van der Waals surface area (Å²) in [6, 6.07) is 6.52. The van der Waals surface area contributed by atoms with Gasteiger partial charge in [-0.2, -0.15) is 5.10 Å². The van der Waals surface area contributed by atoms with Crippen molar-refractivity contribution < 1.29 is 19.1 Å². The Morgan fingerprint density at radius 2 is 2.00 bits per heavy atom. The minimum absolute atomic E-state index is 0.138. The van der Waals surface area contributed by atoms with Gasteiger partial charge in [0.2, 0.25) is 0 Å². The highest BCUT2D eigenvalue weighted by Crippen LogP contribution is 2.29. The molecule has 3 rings (SSSR count). The number of aromatic carboxylic acids is 1. The van der Waals surface area contributed by atoms with Crippen LogP contribution in [-0.2, 0) is 0 Å². The van der Waals surface area contributed by atoms with Crippen molar-refractivity contribution >= 4 is 39.2 Å². The van der Waals surface area contributed by atoms with Gasteiger partial charge < -0.3 is 10.4 Å². The monoisotopic (exact) mass is 305 g/mol. The summed E-state index contributed by atoms with van der Waals surface area (Å²) in [6.07, 6.45) is 0. The van der Waals surface area contributed by atoms with Crippen molar-refractivity contribution in [1.29, 1.82) is 0 Å². The van der Waals surface area contributed by atoms with Crippen LogP contribution in [0.25, 0.3) is 10.2 Å². The molecule has 0 saturated carbocycles. The first kappa shape index (κ1) is 13.3. The normalized spacial score (nSPS) is 10.7. The molecule has 0 atom stereocenters. The number of carboxylic acid groups (broad SMARTS) is 1. The zero-order chi connectivity index (χ0) is 15.0. The number of hydrogen-bond acceptors (Lipinski definition) is 4. The first-order valence-corrected chi connectivity index (χ1v) is 6.64. The maximum atomic E-state index is 12.8. The number of carbonyl (C=O) groups excluding carboxylic acids is 1. The van der Waals surface area contributed by atoms with Gasteiger partial charge in [0.1, 0.15) is 21.3 Å². The fourth-order valence-electron chi connectivity index (χ4n) is 1.80. The molecule has 21 heavy (non-hydrogen) atoms. The quantitative estimate of drug-likeness (QED) is 0.693. The predicted molar refractivity (Wildman–Crippen MR) is 75.3 cm³/mol. The molecular formula is C13H8FN3O3S. The van der Waals surface area contributed by atoms with Crippen molar-refractivity contribution in [3.05, 3.63) is 46.6 Å². The Balaban J connectivity index is 1.89. The second-order valence-electron chi connectivity index (χ2n) is 4.19. The largest absolute Gasteiger partial charge is 0.477 e. The van der Waals surface area contributed by atoms with Crippen molar-refractivity contribution in [2.24, 2.45) is 0 Å². The van der Waals surface area contributed by atoms with Gasteiger partial charge in [0.15, 0.2) is 0 Å². The Morgan fingerprint density at radius 1 is 1.29 bits per heavy atom. The molecule has 8 heteroatoms. The van der Waals surface area contributed by atoms with E-state index in [1.165, 1.54) is 30.3 Å². The minimum Gasteiger partial charge on any atom is -0.477 e. The lowest BCUT2D eigenvalue weighted by Crippen LogP contribution is -2.12. The standard InChI is InChI=1S/C13H8FN3O3S/c14-7-3-1-6(2-4-7)11(18)15-10-8-5-9(13(19)20)21-12(8)17-16-10/h1-5H,(H,19,20)(H2,15,16,17,18). The average molecular weight is 305 g/mol. The highest BCUT2D eigenvalue weighted by atomic mass is 32.1. The van der Waals surface area contributed by atoms with Gasteiger partial charge in [-0.15, -0.1) is 11.3 Å². The van der Waals surface area contributed by atoms with Crippen LogP contribution in [0.1, 0.15) is 20.0 Å². The lowest BCUT2D eigenvalue weighted by Gasteiger charge is -2.02. The van der Waals surface area contributed by atoms with Crippen molar-refractivity contribution in [2.75, 3.05) is 5.32 Å². The summed E-state index contributed by atoms with van der Waals surface area (Å²) in [5.74, 6) is -1.61. The summed E-state index contributed by atoms with van der Waals surface area (Å²) in [5, 5.41) is 18.6. The van der Waals surface area contributed by atoms with E-state index in [4.69, 9.17) is 5.11 Å². The fourth-order valence-corrected chi connectivity index (χ4v) is 2.63. The summed E-state index contributed by atoms with van der Waals surface area (Å²) in [5.41, 5.74) is 0.285. The number of halogens is 1. The molecule has 0 radical (unpaired) electrons. The molecule has 6 nitrogen and oxygen atoms in total. The molecule has 0 aliphatic rings. The number of amides is 1. The highest BCUT2D eigenvalue weighted by molar-refractivity contribution is 7.20. The summed E-state index contributed by atoms with van der Waals surface area (Å²) in [7, 11) is 0. The number of hydrogen-bond donors (Lipinski definition) is 3. The van der Waals surface area contributed by atoms with E-state index in [0.29, 0.717) is 16.0 Å². The molecule has 0 spiro atoms. The number of aromatic amines is 1. The van der Waals surface area contributed by atoms with Gasteiger partial charge in [0, 0.05) is 5.56 Å². The number of rotatable bonds is 3. The van der Waals surface area contributed by atoms with Crippen LogP contribution < -0.4 is 5.32 Å². The minimum atomic E-state index is -1.05. The maximum Gasteiger partial charge on any atom is 0.345 e. The van der Waals surface area contributed by atoms with Gasteiger partial charge in [-0.1, -0.05) is 0 Å². The lowest BCUT2D eigenvalue weighted by molar-refractivity contribution is 0.0702. The van der Waals surface area contributed by atoms with Gasteiger partial charge in [-0.25, -0.2) is 9.18 Å². The second kappa shape index (κ2) is 4.98. The molecule has 3 aromatic rings. The summed E-state index contributed by atoms with van der Waals surface area (Å²) < 4.78 is 12.8. The smallest absolute Gasteiger partial charge is 0.345 e. The van der Waals surface area contributed by atoms with E-state index < -0.39 is 17.7 Å². The van der Waals surface area contributed by atoms with Gasteiger partial charge >= 0.3 is 5.97 Å². The van der Waals surface area contributed by atoms with Crippen LogP contribution in [0.2, 0.25) is 0 Å². The molecule has 0 fully saturated rings. The molecule has 1 amide bonds.